The minimum atomic E-state index is -5.08. The maximum atomic E-state index is 12.7. The largest absolute Gasteiger partial charge is 0.490 e. The molecule has 0 aliphatic carbocycles. The Morgan fingerprint density at radius 1 is 0.973 bits per heavy atom. The summed E-state index contributed by atoms with van der Waals surface area (Å²) in [6, 6.07) is 13.8. The molecule has 0 aliphatic rings. The number of halogens is 6. The van der Waals surface area contributed by atoms with Crippen molar-refractivity contribution in [2.45, 2.75) is 25.2 Å². The van der Waals surface area contributed by atoms with Crippen LogP contribution in [0.5, 0.6) is 0 Å². The van der Waals surface area contributed by atoms with Crippen LogP contribution in [0.1, 0.15) is 17.5 Å². The fourth-order valence-corrected chi connectivity index (χ4v) is 3.11. The Balaban J connectivity index is 0.000000479. The molecule has 4 rings (SSSR count). The Hall–Kier alpha value is -4.42. The van der Waals surface area contributed by atoms with Gasteiger partial charge in [-0.1, -0.05) is 23.4 Å². The number of carbonyl (C=O) groups is 2. The highest BCUT2D eigenvalue weighted by atomic mass is 19.4. The number of rotatable bonds is 5. The van der Waals surface area contributed by atoms with Gasteiger partial charge in [0.05, 0.1) is 17.3 Å². The number of aliphatic carboxylic acids is 1. The van der Waals surface area contributed by atoms with Crippen molar-refractivity contribution in [2.75, 3.05) is 5.32 Å². The first kappa shape index (κ1) is 27.2. The van der Waals surface area contributed by atoms with E-state index in [-0.39, 0.29) is 12.3 Å². The number of aromatic nitrogens is 2. The average molecular weight is 525 g/mol. The van der Waals surface area contributed by atoms with Crippen molar-refractivity contribution < 1.29 is 45.6 Å². The van der Waals surface area contributed by atoms with Crippen LogP contribution in [0, 0.1) is 0 Å². The molecule has 7 nitrogen and oxygen atoms in total. The maximum Gasteiger partial charge on any atom is 0.490 e. The lowest BCUT2D eigenvalue weighted by Gasteiger charge is -2.08. The van der Waals surface area contributed by atoms with Crippen molar-refractivity contribution in [2.24, 2.45) is 0 Å². The highest BCUT2D eigenvalue weighted by molar-refractivity contribution is 5.93. The summed E-state index contributed by atoms with van der Waals surface area (Å²) >= 11 is 0. The van der Waals surface area contributed by atoms with Gasteiger partial charge >= 0.3 is 18.3 Å². The van der Waals surface area contributed by atoms with Gasteiger partial charge in [-0.15, -0.1) is 0 Å². The second-order valence-electron chi connectivity index (χ2n) is 7.52. The molecule has 2 aromatic carbocycles. The second-order valence-corrected chi connectivity index (χ2v) is 7.52. The molecule has 37 heavy (non-hydrogen) atoms. The molecule has 0 atom stereocenters. The van der Waals surface area contributed by atoms with Crippen LogP contribution in [0.4, 0.5) is 32.0 Å². The summed E-state index contributed by atoms with van der Waals surface area (Å²) in [7, 11) is 0. The molecule has 4 aromatic rings. The number of carboxylic acids is 1. The fraction of sp³-hybridized carbons (Fsp3) is 0.167. The number of hydrogen-bond acceptors (Lipinski definition) is 5. The van der Waals surface area contributed by atoms with E-state index in [0.717, 1.165) is 23.0 Å². The predicted molar refractivity (Wildman–Crippen MR) is 119 cm³/mol. The van der Waals surface area contributed by atoms with E-state index in [1.807, 2.05) is 24.3 Å². The Morgan fingerprint density at radius 2 is 1.65 bits per heavy atom. The number of hydrogen-bond donors (Lipinski definition) is 2. The summed E-state index contributed by atoms with van der Waals surface area (Å²) < 4.78 is 75.1. The van der Waals surface area contributed by atoms with Crippen molar-refractivity contribution in [3.05, 3.63) is 78.1 Å². The molecule has 13 heteroatoms. The third-order valence-corrected chi connectivity index (χ3v) is 4.87. The van der Waals surface area contributed by atoms with Gasteiger partial charge in [0.25, 0.3) is 0 Å². The van der Waals surface area contributed by atoms with E-state index >= 15 is 0 Å². The van der Waals surface area contributed by atoms with Crippen LogP contribution >= 0.6 is 0 Å². The Bertz CT molecular complexity index is 1380. The predicted octanol–water partition coefficient (Wildman–Crippen LogP) is 6.11. The molecule has 194 valence electrons. The number of carboxylic acid groups (broad SMARTS) is 1. The van der Waals surface area contributed by atoms with E-state index in [9.17, 15) is 31.1 Å². The summed E-state index contributed by atoms with van der Waals surface area (Å²) in [5, 5.41) is 14.6. The van der Waals surface area contributed by atoms with E-state index in [2.05, 4.69) is 15.5 Å². The van der Waals surface area contributed by atoms with Gasteiger partial charge in [0.2, 0.25) is 5.91 Å². The van der Waals surface area contributed by atoms with Crippen molar-refractivity contribution in [3.63, 3.8) is 0 Å². The van der Waals surface area contributed by atoms with E-state index in [4.69, 9.17) is 14.4 Å². The van der Waals surface area contributed by atoms with Crippen LogP contribution in [0.15, 0.2) is 71.5 Å². The Kier molecular flexibility index (Phi) is 8.15. The van der Waals surface area contributed by atoms with Gasteiger partial charge in [0, 0.05) is 34.8 Å². The number of pyridine rings is 1. The number of benzene rings is 2. The van der Waals surface area contributed by atoms with E-state index < -0.39 is 23.9 Å². The number of nitrogens with one attached hydrogen (secondary N) is 1. The number of fused-ring (bicyclic) bond motifs is 1. The standard InChI is InChI=1S/C22H16F3N3O2.C2HF3O2/c23-22(24,25)17-6-3-14(4-7-17)21-16(13-27-30-21)5-10-20(29)28-18-8-9-19-15(12-18)2-1-11-26-19;3-2(4,5)1(6)7/h1-4,6-9,11-13H,5,10H2,(H,28,29);(H,6,7). The number of anilines is 1. The molecule has 2 N–H and O–H groups in total. The number of alkyl halides is 6. The van der Waals surface area contributed by atoms with Crippen LogP contribution in [0.3, 0.4) is 0 Å². The fourth-order valence-electron chi connectivity index (χ4n) is 3.11. The van der Waals surface area contributed by atoms with Crippen LogP contribution in [0.25, 0.3) is 22.2 Å². The number of carbonyl (C=O) groups excluding carboxylic acids is 1. The van der Waals surface area contributed by atoms with Gasteiger partial charge < -0.3 is 14.9 Å². The lowest BCUT2D eigenvalue weighted by atomic mass is 10.0. The van der Waals surface area contributed by atoms with E-state index in [0.29, 0.717) is 29.0 Å². The first-order valence-corrected chi connectivity index (χ1v) is 10.4. The van der Waals surface area contributed by atoms with Crippen LogP contribution in [0.2, 0.25) is 0 Å². The summed E-state index contributed by atoms with van der Waals surface area (Å²) in [6.07, 6.45) is -5.81. The number of nitrogens with zero attached hydrogens (tertiary/aromatic N) is 2. The Labute approximate surface area is 204 Å². The van der Waals surface area contributed by atoms with Crippen molar-refractivity contribution >= 4 is 28.5 Å². The summed E-state index contributed by atoms with van der Waals surface area (Å²) in [5.41, 5.74) is 1.87. The first-order chi connectivity index (χ1) is 17.3. The third-order valence-electron chi connectivity index (χ3n) is 4.87. The van der Waals surface area contributed by atoms with Crippen molar-refractivity contribution in [1.82, 2.24) is 10.1 Å². The van der Waals surface area contributed by atoms with Gasteiger partial charge in [-0.3, -0.25) is 9.78 Å². The lowest BCUT2D eigenvalue weighted by molar-refractivity contribution is -0.192. The normalized spacial score (nSPS) is 11.5. The maximum absolute atomic E-state index is 12.7. The highest BCUT2D eigenvalue weighted by Crippen LogP contribution is 2.32. The minimum absolute atomic E-state index is 0.167. The first-order valence-electron chi connectivity index (χ1n) is 10.4. The quantitative estimate of drug-likeness (QED) is 0.305. The highest BCUT2D eigenvalue weighted by Gasteiger charge is 2.38. The molecule has 2 heterocycles. The third kappa shape index (κ3) is 7.53. The summed E-state index contributed by atoms with van der Waals surface area (Å²) in [5.74, 6) is -2.60. The van der Waals surface area contributed by atoms with Gasteiger partial charge in [0.1, 0.15) is 0 Å². The lowest BCUT2D eigenvalue weighted by Crippen LogP contribution is -2.21. The average Bonchev–Trinajstić information content (AvgIpc) is 3.31. The molecular weight excluding hydrogens is 508 g/mol. The molecular formula is C24H17F6N3O4. The molecule has 1 amide bonds. The zero-order chi connectivity index (χ0) is 27.2. The van der Waals surface area contributed by atoms with Gasteiger partial charge in [-0.25, -0.2) is 4.79 Å². The number of aryl methyl sites for hydroxylation is 1. The van der Waals surface area contributed by atoms with Gasteiger partial charge in [-0.05, 0) is 42.8 Å². The van der Waals surface area contributed by atoms with Gasteiger partial charge in [-0.2, -0.15) is 26.3 Å². The van der Waals surface area contributed by atoms with Crippen LogP contribution in [-0.2, 0) is 22.2 Å². The molecule has 0 saturated carbocycles. The Morgan fingerprint density at radius 3 is 2.27 bits per heavy atom. The number of amides is 1. The molecule has 0 fully saturated rings. The topological polar surface area (TPSA) is 105 Å². The van der Waals surface area contributed by atoms with E-state index in [1.54, 1.807) is 12.3 Å². The minimum Gasteiger partial charge on any atom is -0.475 e. The second kappa shape index (κ2) is 11.1. The molecule has 0 bridgehead atoms. The van der Waals surface area contributed by atoms with E-state index in [1.165, 1.54) is 18.3 Å². The van der Waals surface area contributed by atoms with Crippen LogP contribution in [-0.4, -0.2) is 33.3 Å². The molecule has 0 spiro atoms. The van der Waals surface area contributed by atoms with Gasteiger partial charge in [0.15, 0.2) is 5.76 Å². The monoisotopic (exact) mass is 525 g/mol. The zero-order valence-corrected chi connectivity index (χ0v) is 18.6. The van der Waals surface area contributed by atoms with Crippen molar-refractivity contribution in [3.8, 4) is 11.3 Å². The zero-order valence-electron chi connectivity index (χ0n) is 18.6. The molecule has 0 unspecified atom stereocenters. The molecule has 0 saturated heterocycles. The summed E-state index contributed by atoms with van der Waals surface area (Å²) in [4.78, 5) is 25.5. The smallest absolute Gasteiger partial charge is 0.475 e. The SMILES string of the molecule is O=C(CCc1cnoc1-c1ccc(C(F)(F)F)cc1)Nc1ccc2ncccc2c1.O=C(O)C(F)(F)F. The molecule has 0 radical (unpaired) electrons. The molecule has 2 aromatic heterocycles. The van der Waals surface area contributed by atoms with Crippen molar-refractivity contribution in [1.29, 1.82) is 0 Å². The summed E-state index contributed by atoms with van der Waals surface area (Å²) in [6.45, 7) is 0. The molecule has 0 aliphatic heterocycles. The van der Waals surface area contributed by atoms with Crippen LogP contribution < -0.4 is 5.32 Å².